The molecule has 0 spiro atoms. The summed E-state index contributed by atoms with van der Waals surface area (Å²) in [6, 6.07) is 6.97. The van der Waals surface area contributed by atoms with Crippen LogP contribution in [0.2, 0.25) is 0 Å². The van der Waals surface area contributed by atoms with E-state index in [1.54, 1.807) is 24.4 Å². The number of pyridine rings is 1. The molecule has 3 rings (SSSR count). The summed E-state index contributed by atoms with van der Waals surface area (Å²) in [5, 5.41) is 20.8. The van der Waals surface area contributed by atoms with Crippen LogP contribution in [-0.4, -0.2) is 50.2 Å². The summed E-state index contributed by atoms with van der Waals surface area (Å²) in [6.45, 7) is 0.903. The van der Waals surface area contributed by atoms with Crippen molar-refractivity contribution in [2.24, 2.45) is 0 Å². The summed E-state index contributed by atoms with van der Waals surface area (Å²) in [5.74, 6) is 0.965. The number of nitrogens with zero attached hydrogens (tertiary/aromatic N) is 5. The van der Waals surface area contributed by atoms with Gasteiger partial charge in [0.15, 0.2) is 0 Å². The number of anilines is 2. The highest BCUT2D eigenvalue weighted by molar-refractivity contribution is 5.65. The summed E-state index contributed by atoms with van der Waals surface area (Å²) < 4.78 is 5.83. The van der Waals surface area contributed by atoms with Gasteiger partial charge >= 0.3 is 6.09 Å². The van der Waals surface area contributed by atoms with E-state index in [9.17, 15) is 4.79 Å². The predicted octanol–water partition coefficient (Wildman–Crippen LogP) is 2.01. The maximum Gasteiger partial charge on any atom is 0.407 e. The van der Waals surface area contributed by atoms with Gasteiger partial charge in [0, 0.05) is 32.0 Å². The lowest BCUT2D eigenvalue weighted by molar-refractivity contribution is 0.0870. The highest BCUT2D eigenvalue weighted by Crippen LogP contribution is 2.20. The van der Waals surface area contributed by atoms with Crippen LogP contribution in [0.3, 0.4) is 0 Å². The number of nitriles is 1. The number of nitrogens with one attached hydrogen (secondary N) is 1. The fourth-order valence-electron chi connectivity index (χ4n) is 2.49. The van der Waals surface area contributed by atoms with E-state index < -0.39 is 6.09 Å². The van der Waals surface area contributed by atoms with Gasteiger partial charge in [-0.2, -0.15) is 5.26 Å². The van der Waals surface area contributed by atoms with E-state index in [0.29, 0.717) is 49.0 Å². The van der Waals surface area contributed by atoms with Crippen LogP contribution in [0.1, 0.15) is 18.5 Å². The lowest BCUT2D eigenvalue weighted by atomic mass is 10.1. The standard InChI is InChI=1S/C16H16N6O3/c17-8-11-1-2-12(9-18-11)21-14-7-15(20-10-19-14)25-13-3-5-22(6-4-13)16(23)24/h1-2,7,9-10,13H,3-6H2,(H,23,24)(H,19,20,21). The number of likely N-dealkylation sites (tertiary alicyclic amines) is 1. The van der Waals surface area contributed by atoms with Gasteiger partial charge in [-0.1, -0.05) is 0 Å². The summed E-state index contributed by atoms with van der Waals surface area (Å²) in [7, 11) is 0. The Kier molecular flexibility index (Phi) is 4.89. The van der Waals surface area contributed by atoms with Gasteiger partial charge in [0.25, 0.3) is 0 Å². The normalized spacial score (nSPS) is 14.6. The number of aromatic nitrogens is 3. The maximum atomic E-state index is 10.9. The SMILES string of the molecule is N#Cc1ccc(Nc2cc(OC3CCN(C(=O)O)CC3)ncn2)cn1. The van der Waals surface area contributed by atoms with Gasteiger partial charge in [0.1, 0.15) is 30.0 Å². The van der Waals surface area contributed by atoms with Crippen molar-refractivity contribution >= 4 is 17.6 Å². The number of hydrogen-bond donors (Lipinski definition) is 2. The van der Waals surface area contributed by atoms with Crippen LogP contribution in [0.15, 0.2) is 30.7 Å². The van der Waals surface area contributed by atoms with Crippen molar-refractivity contribution in [3.63, 3.8) is 0 Å². The molecule has 2 N–H and O–H groups in total. The minimum absolute atomic E-state index is 0.0741. The third-order valence-corrected chi connectivity index (χ3v) is 3.79. The first kappa shape index (κ1) is 16.4. The van der Waals surface area contributed by atoms with Crippen LogP contribution in [0.25, 0.3) is 0 Å². The molecule has 0 aliphatic carbocycles. The van der Waals surface area contributed by atoms with Crippen molar-refractivity contribution in [1.82, 2.24) is 19.9 Å². The summed E-state index contributed by atoms with van der Waals surface area (Å²) in [6.07, 6.45) is 3.21. The topological polar surface area (TPSA) is 124 Å². The van der Waals surface area contributed by atoms with Gasteiger partial charge in [-0.3, -0.25) is 0 Å². The number of ether oxygens (including phenoxy) is 1. The van der Waals surface area contributed by atoms with Gasteiger partial charge < -0.3 is 20.1 Å². The van der Waals surface area contributed by atoms with Crippen molar-refractivity contribution in [2.75, 3.05) is 18.4 Å². The second-order valence-electron chi connectivity index (χ2n) is 5.50. The van der Waals surface area contributed by atoms with Crippen LogP contribution >= 0.6 is 0 Å². The van der Waals surface area contributed by atoms with E-state index in [2.05, 4.69) is 20.3 Å². The molecule has 0 unspecified atom stereocenters. The molecular weight excluding hydrogens is 324 g/mol. The molecule has 0 aromatic carbocycles. The third-order valence-electron chi connectivity index (χ3n) is 3.79. The molecule has 1 aliphatic rings. The number of carbonyl (C=O) groups is 1. The van der Waals surface area contributed by atoms with Gasteiger partial charge in [-0.25, -0.2) is 19.7 Å². The first-order valence-corrected chi connectivity index (χ1v) is 7.74. The number of carboxylic acid groups (broad SMARTS) is 1. The predicted molar refractivity (Wildman–Crippen MR) is 87.5 cm³/mol. The number of hydrogen-bond acceptors (Lipinski definition) is 7. The Balaban J connectivity index is 1.60. The summed E-state index contributed by atoms with van der Waals surface area (Å²) >= 11 is 0. The molecule has 0 atom stereocenters. The largest absolute Gasteiger partial charge is 0.474 e. The zero-order valence-corrected chi connectivity index (χ0v) is 13.3. The second kappa shape index (κ2) is 7.44. The molecule has 1 aliphatic heterocycles. The summed E-state index contributed by atoms with van der Waals surface area (Å²) in [5.41, 5.74) is 1.03. The molecule has 0 bridgehead atoms. The van der Waals surface area contributed by atoms with E-state index in [1.165, 1.54) is 11.2 Å². The minimum Gasteiger partial charge on any atom is -0.474 e. The molecule has 2 aromatic heterocycles. The molecule has 1 saturated heterocycles. The zero-order chi connectivity index (χ0) is 17.6. The average molecular weight is 340 g/mol. The first-order chi connectivity index (χ1) is 12.1. The van der Waals surface area contributed by atoms with Crippen LogP contribution < -0.4 is 10.1 Å². The number of amides is 1. The molecule has 0 saturated carbocycles. The molecule has 3 heterocycles. The number of rotatable bonds is 4. The number of piperidine rings is 1. The van der Waals surface area contributed by atoms with E-state index in [1.807, 2.05) is 6.07 Å². The highest BCUT2D eigenvalue weighted by Gasteiger charge is 2.23. The Labute approximate surface area is 143 Å². The van der Waals surface area contributed by atoms with Crippen LogP contribution in [-0.2, 0) is 0 Å². The van der Waals surface area contributed by atoms with Crippen molar-refractivity contribution in [3.05, 3.63) is 36.4 Å². The molecule has 25 heavy (non-hydrogen) atoms. The molecule has 9 heteroatoms. The van der Waals surface area contributed by atoms with E-state index in [4.69, 9.17) is 15.1 Å². The molecule has 128 valence electrons. The fraction of sp³-hybridized carbons (Fsp3) is 0.312. The molecule has 9 nitrogen and oxygen atoms in total. The Morgan fingerprint density at radius 1 is 1.32 bits per heavy atom. The van der Waals surface area contributed by atoms with Gasteiger partial charge in [-0.05, 0) is 12.1 Å². The smallest absolute Gasteiger partial charge is 0.407 e. The zero-order valence-electron chi connectivity index (χ0n) is 13.3. The van der Waals surface area contributed by atoms with Gasteiger partial charge in [0.2, 0.25) is 5.88 Å². The third kappa shape index (κ3) is 4.32. The Bertz CT molecular complexity index is 781. The first-order valence-electron chi connectivity index (χ1n) is 7.74. The van der Waals surface area contributed by atoms with Gasteiger partial charge in [-0.15, -0.1) is 0 Å². The van der Waals surface area contributed by atoms with Crippen LogP contribution in [0.4, 0.5) is 16.3 Å². The lowest BCUT2D eigenvalue weighted by Gasteiger charge is -2.29. The summed E-state index contributed by atoms with van der Waals surface area (Å²) in [4.78, 5) is 24.5. The lowest BCUT2D eigenvalue weighted by Crippen LogP contribution is -2.41. The molecular formula is C16H16N6O3. The van der Waals surface area contributed by atoms with E-state index >= 15 is 0 Å². The fourth-order valence-corrected chi connectivity index (χ4v) is 2.49. The maximum absolute atomic E-state index is 10.9. The molecule has 0 radical (unpaired) electrons. The average Bonchev–Trinajstić information content (AvgIpc) is 2.63. The van der Waals surface area contributed by atoms with Crippen LogP contribution in [0.5, 0.6) is 5.88 Å². The van der Waals surface area contributed by atoms with Crippen molar-refractivity contribution in [3.8, 4) is 11.9 Å². The van der Waals surface area contributed by atoms with E-state index in [-0.39, 0.29) is 6.10 Å². The van der Waals surface area contributed by atoms with Crippen molar-refractivity contribution in [2.45, 2.75) is 18.9 Å². The molecule has 2 aromatic rings. The van der Waals surface area contributed by atoms with Crippen molar-refractivity contribution in [1.29, 1.82) is 5.26 Å². The van der Waals surface area contributed by atoms with Gasteiger partial charge in [0.05, 0.1) is 11.9 Å². The molecule has 1 amide bonds. The molecule has 1 fully saturated rings. The second-order valence-corrected chi connectivity index (χ2v) is 5.50. The monoisotopic (exact) mass is 340 g/mol. The Hall–Kier alpha value is -3.41. The van der Waals surface area contributed by atoms with Crippen LogP contribution in [0, 0.1) is 11.3 Å². The van der Waals surface area contributed by atoms with Crippen molar-refractivity contribution < 1.29 is 14.6 Å². The Morgan fingerprint density at radius 2 is 2.12 bits per heavy atom. The van der Waals surface area contributed by atoms with E-state index in [0.717, 1.165) is 0 Å². The Morgan fingerprint density at radius 3 is 2.76 bits per heavy atom. The highest BCUT2D eigenvalue weighted by atomic mass is 16.5. The quantitative estimate of drug-likeness (QED) is 0.866. The minimum atomic E-state index is -0.900.